The molecule has 0 aliphatic carbocycles. The van der Waals surface area contributed by atoms with Crippen LogP contribution in [0.15, 0.2) is 48.5 Å². The van der Waals surface area contributed by atoms with E-state index in [0.29, 0.717) is 31.6 Å². The summed E-state index contributed by atoms with van der Waals surface area (Å²) in [5, 5.41) is 2.96. The van der Waals surface area contributed by atoms with Crippen molar-refractivity contribution in [2.75, 3.05) is 23.7 Å². The number of benzene rings is 2. The van der Waals surface area contributed by atoms with E-state index in [1.54, 1.807) is 17.0 Å². The first-order valence-corrected chi connectivity index (χ1v) is 14.6. The van der Waals surface area contributed by atoms with Crippen molar-refractivity contribution in [3.8, 4) is 0 Å². The fourth-order valence-electron chi connectivity index (χ4n) is 4.03. The molecule has 0 bridgehead atoms. The zero-order chi connectivity index (χ0) is 26.7. The third kappa shape index (κ3) is 8.97. The molecule has 0 spiro atoms. The lowest BCUT2D eigenvalue weighted by Gasteiger charge is -2.31. The van der Waals surface area contributed by atoms with Crippen molar-refractivity contribution in [3.63, 3.8) is 0 Å². The molecule has 0 aliphatic heterocycles. The summed E-state index contributed by atoms with van der Waals surface area (Å²) in [5.74, 6) is -0.311. The van der Waals surface area contributed by atoms with Crippen molar-refractivity contribution >= 4 is 27.5 Å². The summed E-state index contributed by atoms with van der Waals surface area (Å²) in [5.41, 5.74) is 3.69. The van der Waals surface area contributed by atoms with Gasteiger partial charge in [0.1, 0.15) is 6.04 Å². The molecule has 2 aromatic carbocycles. The molecule has 0 heterocycles. The maximum absolute atomic E-state index is 13.4. The number of anilines is 1. The van der Waals surface area contributed by atoms with E-state index in [-0.39, 0.29) is 24.8 Å². The van der Waals surface area contributed by atoms with Gasteiger partial charge < -0.3 is 10.2 Å². The quantitative estimate of drug-likeness (QED) is 0.373. The van der Waals surface area contributed by atoms with Crippen LogP contribution in [0.25, 0.3) is 0 Å². The average molecular weight is 516 g/mol. The second kappa shape index (κ2) is 14.0. The highest BCUT2D eigenvalue weighted by molar-refractivity contribution is 7.92. The SMILES string of the molecule is CCCCNC(=O)[C@@H](CC)N(Cc1ccc(C)cc1)C(=O)CCCN(c1ccc(C)cc1)S(C)(=O)=O. The average Bonchev–Trinajstić information content (AvgIpc) is 2.83. The largest absolute Gasteiger partial charge is 0.354 e. The van der Waals surface area contributed by atoms with Crippen LogP contribution >= 0.6 is 0 Å². The lowest BCUT2D eigenvalue weighted by molar-refractivity contribution is -0.141. The van der Waals surface area contributed by atoms with Gasteiger partial charge in [-0.05, 0) is 50.8 Å². The Hall–Kier alpha value is -2.87. The summed E-state index contributed by atoms with van der Waals surface area (Å²) in [4.78, 5) is 28.1. The Bertz CT molecular complexity index is 1080. The van der Waals surface area contributed by atoms with Crippen molar-refractivity contribution in [1.82, 2.24) is 10.2 Å². The van der Waals surface area contributed by atoms with E-state index >= 15 is 0 Å². The summed E-state index contributed by atoms with van der Waals surface area (Å²) in [7, 11) is -3.50. The number of carbonyl (C=O) groups is 2. The Morgan fingerprint density at radius 1 is 0.917 bits per heavy atom. The molecule has 198 valence electrons. The molecular weight excluding hydrogens is 474 g/mol. The Morgan fingerprint density at radius 2 is 1.50 bits per heavy atom. The molecule has 8 heteroatoms. The van der Waals surface area contributed by atoms with Gasteiger partial charge in [0.2, 0.25) is 21.8 Å². The first-order valence-electron chi connectivity index (χ1n) is 12.7. The second-order valence-corrected chi connectivity index (χ2v) is 11.3. The van der Waals surface area contributed by atoms with Crippen LogP contribution in [0.1, 0.15) is 62.6 Å². The summed E-state index contributed by atoms with van der Waals surface area (Å²) < 4.78 is 26.2. The maximum Gasteiger partial charge on any atom is 0.242 e. The standard InChI is InChI=1S/C28H41N3O4S/c1-6-8-19-29-28(33)26(7-2)30(21-24-15-11-22(3)12-16-24)27(32)10-9-20-31(36(5,34)35)25-17-13-23(4)14-18-25/h11-18,26H,6-10,19-21H2,1-5H3,(H,29,33)/t26-/m1/s1. The van der Waals surface area contributed by atoms with Gasteiger partial charge in [-0.25, -0.2) is 8.42 Å². The van der Waals surface area contributed by atoms with Crippen LogP contribution in [-0.4, -0.2) is 50.5 Å². The molecule has 2 amide bonds. The zero-order valence-corrected chi connectivity index (χ0v) is 23.1. The van der Waals surface area contributed by atoms with Crippen LogP contribution in [0.2, 0.25) is 0 Å². The lowest BCUT2D eigenvalue weighted by Crippen LogP contribution is -2.49. The van der Waals surface area contributed by atoms with Gasteiger partial charge in [-0.2, -0.15) is 0 Å². The lowest BCUT2D eigenvalue weighted by atomic mass is 10.1. The molecule has 1 atom stereocenters. The van der Waals surface area contributed by atoms with Crippen LogP contribution in [0.3, 0.4) is 0 Å². The van der Waals surface area contributed by atoms with Gasteiger partial charge in [0.15, 0.2) is 0 Å². The van der Waals surface area contributed by atoms with Gasteiger partial charge in [0.05, 0.1) is 11.9 Å². The van der Waals surface area contributed by atoms with Crippen molar-refractivity contribution < 1.29 is 18.0 Å². The van der Waals surface area contributed by atoms with Crippen LogP contribution in [0.4, 0.5) is 5.69 Å². The Kier molecular flexibility index (Phi) is 11.4. The number of sulfonamides is 1. The van der Waals surface area contributed by atoms with Crippen LogP contribution in [0.5, 0.6) is 0 Å². The molecule has 36 heavy (non-hydrogen) atoms. The first kappa shape index (κ1) is 29.4. The number of carbonyl (C=O) groups excluding carboxylic acids is 2. The highest BCUT2D eigenvalue weighted by Gasteiger charge is 2.28. The van der Waals surface area contributed by atoms with E-state index in [4.69, 9.17) is 0 Å². The Morgan fingerprint density at radius 3 is 2.03 bits per heavy atom. The van der Waals surface area contributed by atoms with Crippen molar-refractivity contribution in [3.05, 3.63) is 65.2 Å². The minimum Gasteiger partial charge on any atom is -0.354 e. The van der Waals surface area contributed by atoms with Gasteiger partial charge >= 0.3 is 0 Å². The van der Waals surface area contributed by atoms with Crippen LogP contribution in [-0.2, 0) is 26.2 Å². The van der Waals surface area contributed by atoms with E-state index in [1.165, 1.54) is 10.6 Å². The predicted octanol–water partition coefficient (Wildman–Crippen LogP) is 4.57. The number of unbranched alkanes of at least 4 members (excludes halogenated alkanes) is 1. The van der Waals surface area contributed by atoms with E-state index in [0.717, 1.165) is 29.5 Å². The summed E-state index contributed by atoms with van der Waals surface area (Å²) >= 11 is 0. The topological polar surface area (TPSA) is 86.8 Å². The monoisotopic (exact) mass is 515 g/mol. The highest BCUT2D eigenvalue weighted by Crippen LogP contribution is 2.20. The number of aryl methyl sites for hydroxylation is 2. The molecule has 0 aliphatic rings. The number of hydrogen-bond donors (Lipinski definition) is 1. The van der Waals surface area contributed by atoms with Gasteiger partial charge in [0, 0.05) is 26.1 Å². The molecule has 0 saturated heterocycles. The molecule has 0 fully saturated rings. The third-order valence-electron chi connectivity index (χ3n) is 6.16. The summed E-state index contributed by atoms with van der Waals surface area (Å²) in [6.45, 7) is 9.01. The Balaban J connectivity index is 2.18. The molecule has 0 saturated carbocycles. The van der Waals surface area contributed by atoms with Crippen molar-refractivity contribution in [2.24, 2.45) is 0 Å². The number of nitrogens with one attached hydrogen (secondary N) is 1. The van der Waals surface area contributed by atoms with Crippen LogP contribution in [0, 0.1) is 13.8 Å². The molecule has 0 aromatic heterocycles. The number of amides is 2. The number of rotatable bonds is 14. The van der Waals surface area contributed by atoms with Gasteiger partial charge in [-0.3, -0.25) is 13.9 Å². The van der Waals surface area contributed by atoms with Gasteiger partial charge in [0.25, 0.3) is 0 Å². The van der Waals surface area contributed by atoms with Crippen molar-refractivity contribution in [1.29, 1.82) is 0 Å². The minimum absolute atomic E-state index is 0.141. The Labute approximate surface area is 216 Å². The predicted molar refractivity (Wildman–Crippen MR) is 146 cm³/mol. The van der Waals surface area contributed by atoms with Gasteiger partial charge in [-0.1, -0.05) is 67.8 Å². The van der Waals surface area contributed by atoms with Gasteiger partial charge in [-0.15, -0.1) is 0 Å². The summed E-state index contributed by atoms with van der Waals surface area (Å²) in [6, 6.07) is 14.6. The first-order chi connectivity index (χ1) is 17.1. The van der Waals surface area contributed by atoms with Crippen LogP contribution < -0.4 is 9.62 Å². The third-order valence-corrected chi connectivity index (χ3v) is 7.36. The molecular formula is C28H41N3O4S. The van der Waals surface area contributed by atoms with E-state index in [2.05, 4.69) is 12.2 Å². The van der Waals surface area contributed by atoms with E-state index in [1.807, 2.05) is 57.2 Å². The smallest absolute Gasteiger partial charge is 0.242 e. The molecule has 0 radical (unpaired) electrons. The van der Waals surface area contributed by atoms with E-state index < -0.39 is 16.1 Å². The normalized spacial score (nSPS) is 12.1. The minimum atomic E-state index is -3.50. The fourth-order valence-corrected chi connectivity index (χ4v) is 5.00. The fraction of sp³-hybridized carbons (Fsp3) is 0.500. The summed E-state index contributed by atoms with van der Waals surface area (Å²) in [6.07, 6.45) is 4.01. The second-order valence-electron chi connectivity index (χ2n) is 9.35. The molecule has 7 nitrogen and oxygen atoms in total. The zero-order valence-electron chi connectivity index (χ0n) is 22.3. The maximum atomic E-state index is 13.4. The van der Waals surface area contributed by atoms with E-state index in [9.17, 15) is 18.0 Å². The molecule has 2 rings (SSSR count). The van der Waals surface area contributed by atoms with Crippen molar-refractivity contribution in [2.45, 2.75) is 72.4 Å². The molecule has 2 aromatic rings. The number of nitrogens with zero attached hydrogens (tertiary/aromatic N) is 2. The molecule has 1 N–H and O–H groups in total. The number of hydrogen-bond acceptors (Lipinski definition) is 4. The molecule has 0 unspecified atom stereocenters. The highest BCUT2D eigenvalue weighted by atomic mass is 32.2.